The van der Waals surface area contributed by atoms with Crippen LogP contribution in [0.15, 0.2) is 42.1 Å². The van der Waals surface area contributed by atoms with Gasteiger partial charge in [-0.2, -0.15) is 0 Å². The fourth-order valence-corrected chi connectivity index (χ4v) is 8.09. The molecule has 92 valence electrons. The molecule has 0 aromatic rings. The summed E-state index contributed by atoms with van der Waals surface area (Å²) in [7, 11) is 0. The summed E-state index contributed by atoms with van der Waals surface area (Å²) in [6.45, 7) is 4.59. The van der Waals surface area contributed by atoms with Crippen LogP contribution in [-0.2, 0) is 22.9 Å². The van der Waals surface area contributed by atoms with E-state index in [9.17, 15) is 0 Å². The molecule has 0 aromatic carbocycles. The van der Waals surface area contributed by atoms with E-state index >= 15 is 0 Å². The van der Waals surface area contributed by atoms with E-state index in [1.807, 2.05) is 6.66 Å². The second-order valence-electron chi connectivity index (χ2n) is 4.85. The van der Waals surface area contributed by atoms with Gasteiger partial charge in [-0.15, -0.1) is 0 Å². The molecule has 0 radical (unpaired) electrons. The molecule has 2 rings (SSSR count). The predicted molar refractivity (Wildman–Crippen MR) is 73.6 cm³/mol. The third kappa shape index (κ3) is 3.40. The van der Waals surface area contributed by atoms with Gasteiger partial charge in [0.25, 0.3) is 0 Å². The topological polar surface area (TPSA) is 0 Å². The summed E-state index contributed by atoms with van der Waals surface area (Å²) < 4.78 is 3.75. The van der Waals surface area contributed by atoms with E-state index in [0.717, 1.165) is 0 Å². The molecule has 0 fully saturated rings. The Morgan fingerprint density at radius 2 is 1.41 bits per heavy atom. The van der Waals surface area contributed by atoms with E-state index in [4.69, 9.17) is 0 Å². The van der Waals surface area contributed by atoms with Crippen molar-refractivity contribution in [1.29, 1.82) is 0 Å². The fourth-order valence-electron chi connectivity index (χ4n) is 2.55. The van der Waals surface area contributed by atoms with E-state index in [1.54, 1.807) is 11.1 Å². The van der Waals surface area contributed by atoms with Crippen LogP contribution in [0, 0.1) is 0 Å². The minimum Gasteiger partial charge on any atom is -1.00 e. The van der Waals surface area contributed by atoms with Gasteiger partial charge in [-0.3, -0.25) is 0 Å². The van der Waals surface area contributed by atoms with Crippen molar-refractivity contribution >= 4 is 0 Å². The van der Waals surface area contributed by atoms with Gasteiger partial charge in [-0.05, 0) is 0 Å². The third-order valence-corrected chi connectivity index (χ3v) is 9.34. The molecule has 0 saturated heterocycles. The van der Waals surface area contributed by atoms with Gasteiger partial charge in [0, 0.05) is 0 Å². The second-order valence-corrected chi connectivity index (χ2v) is 10.1. The smallest absolute Gasteiger partial charge is 1.00 e. The monoisotopic (exact) mass is 396 g/mol. The zero-order valence-corrected chi connectivity index (χ0v) is 14.6. The maximum absolute atomic E-state index is 2.40. The molecule has 0 N–H and O–H groups in total. The first kappa shape index (κ1) is 13.3. The quantitative estimate of drug-likeness (QED) is 0.535. The van der Waals surface area contributed by atoms with Crippen molar-refractivity contribution in [3.8, 4) is 0 Å². The summed E-state index contributed by atoms with van der Waals surface area (Å²) in [5, 5.41) is 0. The minimum atomic E-state index is -0.683. The molecule has 0 atom stereocenters. The van der Waals surface area contributed by atoms with Gasteiger partial charge >= 0.3 is 117 Å². The van der Waals surface area contributed by atoms with Crippen molar-refractivity contribution in [2.75, 3.05) is 0 Å². The molecule has 0 aliphatic heterocycles. The third-order valence-electron chi connectivity index (χ3n) is 3.40. The summed E-state index contributed by atoms with van der Waals surface area (Å²) in [6, 6.07) is 0. The Morgan fingerprint density at radius 1 is 0.941 bits per heavy atom. The molecular formula is C16H24Hf. The maximum Gasteiger partial charge on any atom is -1.00 e. The van der Waals surface area contributed by atoms with Crippen LogP contribution in [0.1, 0.15) is 55.2 Å². The Balaban J connectivity index is 0.00000162. The van der Waals surface area contributed by atoms with Gasteiger partial charge in [-0.1, -0.05) is 0 Å². The summed E-state index contributed by atoms with van der Waals surface area (Å²) >= 11 is -0.683. The van der Waals surface area contributed by atoms with Crippen LogP contribution in [-0.4, -0.2) is 0 Å². The number of hydrogen-bond acceptors (Lipinski definition) is 0. The molecular weight excluding hydrogens is 371 g/mol. The molecule has 0 spiro atoms. The number of rotatable bonds is 6. The summed E-state index contributed by atoms with van der Waals surface area (Å²) in [5.41, 5.74) is 3.40. The SMILES string of the molecule is CCCC1=[C]([Hf+2][C]2=C(CCC)C=CC2)CC=C1.[H-].[H-]. The first-order chi connectivity index (χ1) is 8.35. The van der Waals surface area contributed by atoms with Gasteiger partial charge in [0.2, 0.25) is 0 Å². The Labute approximate surface area is 120 Å². The van der Waals surface area contributed by atoms with E-state index in [2.05, 4.69) is 38.2 Å². The Morgan fingerprint density at radius 3 is 1.82 bits per heavy atom. The predicted octanol–water partition coefficient (Wildman–Crippen LogP) is 5.32. The van der Waals surface area contributed by atoms with Crippen molar-refractivity contribution in [3.63, 3.8) is 0 Å². The Bertz CT molecular complexity index is 365. The zero-order valence-electron chi connectivity index (χ0n) is 13.1. The second kappa shape index (κ2) is 6.68. The molecule has 0 bridgehead atoms. The van der Waals surface area contributed by atoms with Gasteiger partial charge < -0.3 is 2.85 Å². The maximum atomic E-state index is 2.40. The standard InChI is InChI=1S/2C8H11.Hf.2H/c2*1-2-5-8-6-3-4-7-8;;;/h2*3,6H,2,4-5H2,1H3;;;/q;;+2;2*-1. The summed E-state index contributed by atoms with van der Waals surface area (Å²) in [5.74, 6) is 0. The summed E-state index contributed by atoms with van der Waals surface area (Å²) in [4.78, 5) is 0. The molecule has 0 heterocycles. The molecule has 0 amide bonds. The van der Waals surface area contributed by atoms with E-state index in [0.29, 0.717) is 0 Å². The number of allylic oxidation sites excluding steroid dienone is 8. The Hall–Kier alpha value is -0.170. The van der Waals surface area contributed by atoms with Crippen LogP contribution >= 0.6 is 0 Å². The first-order valence-electron chi connectivity index (χ1n) is 6.89. The van der Waals surface area contributed by atoms with Crippen LogP contribution in [0.4, 0.5) is 0 Å². The average Bonchev–Trinajstić information content (AvgIpc) is 2.92. The molecule has 1 heteroatoms. The largest absolute Gasteiger partial charge is 1.00 e. The van der Waals surface area contributed by atoms with Gasteiger partial charge in [0.1, 0.15) is 0 Å². The molecule has 0 saturated carbocycles. The number of hydrogen-bond donors (Lipinski definition) is 0. The summed E-state index contributed by atoms with van der Waals surface area (Å²) in [6.07, 6.45) is 17.3. The van der Waals surface area contributed by atoms with Crippen LogP contribution < -0.4 is 0 Å². The van der Waals surface area contributed by atoms with Crippen molar-refractivity contribution < 1.29 is 25.8 Å². The van der Waals surface area contributed by atoms with Gasteiger partial charge in [0.15, 0.2) is 0 Å². The molecule has 0 nitrogen and oxygen atoms in total. The van der Waals surface area contributed by atoms with Crippen molar-refractivity contribution in [3.05, 3.63) is 42.1 Å². The van der Waals surface area contributed by atoms with E-state index < -0.39 is 22.9 Å². The van der Waals surface area contributed by atoms with Gasteiger partial charge in [-0.25, -0.2) is 0 Å². The molecule has 0 unspecified atom stereocenters. The van der Waals surface area contributed by atoms with E-state index in [1.165, 1.54) is 38.5 Å². The van der Waals surface area contributed by atoms with Crippen LogP contribution in [0.25, 0.3) is 0 Å². The molecule has 0 aromatic heterocycles. The van der Waals surface area contributed by atoms with E-state index in [-0.39, 0.29) is 2.85 Å². The van der Waals surface area contributed by atoms with Crippen molar-refractivity contribution in [2.24, 2.45) is 0 Å². The van der Waals surface area contributed by atoms with Gasteiger partial charge in [0.05, 0.1) is 0 Å². The van der Waals surface area contributed by atoms with Crippen LogP contribution in [0.3, 0.4) is 0 Å². The normalized spacial score (nSPS) is 18.5. The average molecular weight is 395 g/mol. The Kier molecular flexibility index (Phi) is 5.21. The van der Waals surface area contributed by atoms with Crippen molar-refractivity contribution in [2.45, 2.75) is 52.4 Å². The fraction of sp³-hybridized carbons (Fsp3) is 0.500. The van der Waals surface area contributed by atoms with Crippen molar-refractivity contribution in [1.82, 2.24) is 0 Å². The van der Waals surface area contributed by atoms with Crippen LogP contribution in [0.5, 0.6) is 0 Å². The van der Waals surface area contributed by atoms with Crippen LogP contribution in [0.2, 0.25) is 0 Å². The zero-order chi connectivity index (χ0) is 12.1. The molecule has 2 aliphatic carbocycles. The minimum absolute atomic E-state index is 0. The molecule has 2 aliphatic rings. The first-order valence-corrected chi connectivity index (χ1v) is 10.5. The molecule has 17 heavy (non-hydrogen) atoms.